The molecule has 0 saturated heterocycles. The second-order valence-electron chi connectivity index (χ2n) is 15.7. The number of fused-ring (bicyclic) bond motifs is 10. The van der Waals surface area contributed by atoms with Gasteiger partial charge in [0, 0.05) is 54.6 Å². The fourth-order valence-electron chi connectivity index (χ4n) is 9.49. The summed E-state index contributed by atoms with van der Waals surface area (Å²) in [4.78, 5) is 15.7. The molecule has 0 unspecified atom stereocenters. The Hall–Kier alpha value is -8.09. The number of para-hydroxylation sites is 4. The predicted molar refractivity (Wildman–Crippen MR) is 246 cm³/mol. The van der Waals surface area contributed by atoms with E-state index in [1.54, 1.807) is 0 Å². The average Bonchev–Trinajstić information content (AvgIpc) is 4.02. The molecule has 0 spiro atoms. The molecule has 0 radical (unpaired) electrons. The van der Waals surface area contributed by atoms with Gasteiger partial charge in [-0.2, -0.15) is 0 Å². The minimum atomic E-state index is 0.595. The van der Waals surface area contributed by atoms with Crippen LogP contribution in [0, 0.1) is 0 Å². The van der Waals surface area contributed by atoms with Gasteiger partial charge >= 0.3 is 0 Å². The van der Waals surface area contributed by atoms with Gasteiger partial charge in [0.2, 0.25) is 0 Å². The lowest BCUT2D eigenvalue weighted by molar-refractivity contribution is 0.668. The second kappa shape index (κ2) is 13.2. The summed E-state index contributed by atoms with van der Waals surface area (Å²) >= 11 is 0. The lowest BCUT2D eigenvalue weighted by atomic mass is 9.84. The molecule has 1 aliphatic carbocycles. The van der Waals surface area contributed by atoms with Crippen LogP contribution in [0.25, 0.3) is 128 Å². The van der Waals surface area contributed by atoms with E-state index in [9.17, 15) is 0 Å². The Morgan fingerprint density at radius 2 is 0.967 bits per heavy atom. The third-order valence-electron chi connectivity index (χ3n) is 12.2. The van der Waals surface area contributed by atoms with Crippen LogP contribution in [0.2, 0.25) is 0 Å². The zero-order valence-electron chi connectivity index (χ0n) is 32.7. The van der Waals surface area contributed by atoms with Crippen molar-refractivity contribution in [2.75, 3.05) is 0 Å². The summed E-state index contributed by atoms with van der Waals surface area (Å²) < 4.78 is 19.5. The molecule has 0 aliphatic heterocycles. The minimum absolute atomic E-state index is 0.595. The van der Waals surface area contributed by atoms with Crippen LogP contribution < -0.4 is 0 Å². The van der Waals surface area contributed by atoms with Gasteiger partial charge < -0.3 is 13.3 Å². The van der Waals surface area contributed by atoms with Crippen molar-refractivity contribution in [3.63, 3.8) is 0 Å². The summed E-state index contributed by atoms with van der Waals surface area (Å²) in [5.74, 6) is 1.83. The summed E-state index contributed by atoms with van der Waals surface area (Å²) in [7, 11) is 0. The highest BCUT2D eigenvalue weighted by Gasteiger charge is 2.25. The highest BCUT2D eigenvalue weighted by Crippen LogP contribution is 2.46. The van der Waals surface area contributed by atoms with E-state index in [-0.39, 0.29) is 0 Å². The highest BCUT2D eigenvalue weighted by atomic mass is 16.3. The molecule has 0 amide bonds. The molecule has 8 aromatic carbocycles. The fourth-order valence-corrected chi connectivity index (χ4v) is 9.49. The molecule has 4 heterocycles. The van der Waals surface area contributed by atoms with Crippen molar-refractivity contribution in [1.82, 2.24) is 15.0 Å². The molecule has 61 heavy (non-hydrogen) atoms. The van der Waals surface area contributed by atoms with Crippen molar-refractivity contribution in [2.45, 2.75) is 12.8 Å². The first-order chi connectivity index (χ1) is 30.2. The normalized spacial score (nSPS) is 12.7. The van der Waals surface area contributed by atoms with Crippen LogP contribution >= 0.6 is 0 Å². The molecule has 0 fully saturated rings. The molecule has 6 nitrogen and oxygen atoms in total. The Morgan fingerprint density at radius 1 is 0.377 bits per heavy atom. The number of nitrogens with zero attached hydrogens (tertiary/aromatic N) is 3. The Balaban J connectivity index is 1.05. The fraction of sp³-hybridized carbons (Fsp3) is 0.0364. The number of benzene rings is 8. The molecule has 4 aromatic heterocycles. The van der Waals surface area contributed by atoms with Gasteiger partial charge in [-0.15, -0.1) is 0 Å². The van der Waals surface area contributed by atoms with Crippen molar-refractivity contribution in [1.29, 1.82) is 0 Å². The van der Waals surface area contributed by atoms with Crippen LogP contribution in [0.15, 0.2) is 183 Å². The van der Waals surface area contributed by atoms with E-state index in [2.05, 4.69) is 109 Å². The first-order valence-electron chi connectivity index (χ1n) is 20.6. The average molecular weight is 784 g/mol. The van der Waals surface area contributed by atoms with Gasteiger partial charge in [-0.05, 0) is 83.1 Å². The summed E-state index contributed by atoms with van der Waals surface area (Å²) in [6.45, 7) is 0. The largest absolute Gasteiger partial charge is 0.456 e. The minimum Gasteiger partial charge on any atom is -0.456 e. The van der Waals surface area contributed by atoms with E-state index in [1.807, 2.05) is 66.7 Å². The van der Waals surface area contributed by atoms with E-state index < -0.39 is 0 Å². The van der Waals surface area contributed by atoms with E-state index in [1.165, 1.54) is 5.56 Å². The number of allylic oxidation sites excluding steroid dienone is 1. The summed E-state index contributed by atoms with van der Waals surface area (Å²) in [5.41, 5.74) is 14.5. The lowest BCUT2D eigenvalue weighted by Crippen LogP contribution is -2.05. The Bertz CT molecular complexity index is 3780. The van der Waals surface area contributed by atoms with Crippen LogP contribution in [-0.4, -0.2) is 15.0 Å². The molecular formula is C55H33N3O3. The molecule has 12 aromatic rings. The first kappa shape index (κ1) is 33.8. The smallest absolute Gasteiger partial charge is 0.164 e. The number of hydrogen-bond acceptors (Lipinski definition) is 6. The van der Waals surface area contributed by atoms with E-state index in [0.29, 0.717) is 17.5 Å². The van der Waals surface area contributed by atoms with Gasteiger partial charge in [-0.1, -0.05) is 133 Å². The van der Waals surface area contributed by atoms with Crippen molar-refractivity contribution >= 4 is 71.9 Å². The van der Waals surface area contributed by atoms with Gasteiger partial charge in [-0.25, -0.2) is 15.0 Å². The Kier molecular flexibility index (Phi) is 7.33. The van der Waals surface area contributed by atoms with Gasteiger partial charge in [-0.3, -0.25) is 0 Å². The Labute approximate surface area is 349 Å². The molecule has 0 bridgehead atoms. The summed E-state index contributed by atoms with van der Waals surface area (Å²) in [5, 5.41) is 6.39. The summed E-state index contributed by atoms with van der Waals surface area (Å²) in [6.07, 6.45) is 6.29. The van der Waals surface area contributed by atoms with E-state index in [0.717, 1.165) is 123 Å². The monoisotopic (exact) mass is 783 g/mol. The maximum absolute atomic E-state index is 6.67. The molecule has 0 atom stereocenters. The van der Waals surface area contributed by atoms with Gasteiger partial charge in [0.05, 0.1) is 0 Å². The third kappa shape index (κ3) is 5.25. The molecule has 6 heteroatoms. The lowest BCUT2D eigenvalue weighted by Gasteiger charge is -2.20. The standard InChI is InChI=1S/C55H33N3O3/c1-2-14-32(15-3-1)53-56-54(58-55(57-53)43-23-13-27-48-50(43)41-19-7-10-25-46(41)59-48)40-29-28-37(35-16-4-5-17-36(35)40)44-30-33(31-49-51(44)42-20-8-11-26-47(42)60-49)34-21-12-22-39-38-18-6-9-24-45(38)61-52(34)39/h1-3,5-15,17-31H,4,16H2. The maximum Gasteiger partial charge on any atom is 0.164 e. The molecule has 0 saturated carbocycles. The van der Waals surface area contributed by atoms with Crippen LogP contribution in [-0.2, 0) is 6.42 Å². The second-order valence-corrected chi connectivity index (χ2v) is 15.7. The number of furan rings is 3. The van der Waals surface area contributed by atoms with E-state index in [4.69, 9.17) is 28.2 Å². The topological polar surface area (TPSA) is 78.1 Å². The van der Waals surface area contributed by atoms with Gasteiger partial charge in [0.25, 0.3) is 0 Å². The zero-order valence-corrected chi connectivity index (χ0v) is 32.7. The molecular weight excluding hydrogens is 751 g/mol. The third-order valence-corrected chi connectivity index (χ3v) is 12.2. The SMILES string of the molecule is C1=Cc2c(-c3nc(-c4ccccc4)nc(-c4cccc5oc6ccccc6c45)n3)ccc(-c3cc(-c4cccc5c4oc4ccccc45)cc4oc5ccccc5c34)c2CC1. The quantitative estimate of drug-likeness (QED) is 0.173. The maximum atomic E-state index is 6.67. The van der Waals surface area contributed by atoms with Crippen LogP contribution in [0.5, 0.6) is 0 Å². The van der Waals surface area contributed by atoms with Crippen molar-refractivity contribution in [3.8, 4) is 56.4 Å². The summed E-state index contributed by atoms with van der Waals surface area (Å²) in [6, 6.07) is 56.3. The predicted octanol–water partition coefficient (Wildman–Crippen LogP) is 14.9. The van der Waals surface area contributed by atoms with Crippen LogP contribution in [0.3, 0.4) is 0 Å². The molecule has 13 rings (SSSR count). The van der Waals surface area contributed by atoms with E-state index >= 15 is 0 Å². The first-order valence-corrected chi connectivity index (χ1v) is 20.6. The molecule has 0 N–H and O–H groups in total. The van der Waals surface area contributed by atoms with Crippen molar-refractivity contribution in [2.24, 2.45) is 0 Å². The van der Waals surface area contributed by atoms with Crippen molar-refractivity contribution < 1.29 is 13.3 Å². The van der Waals surface area contributed by atoms with Gasteiger partial charge in [0.1, 0.15) is 33.5 Å². The van der Waals surface area contributed by atoms with Gasteiger partial charge in [0.15, 0.2) is 17.5 Å². The van der Waals surface area contributed by atoms with Crippen LogP contribution in [0.4, 0.5) is 0 Å². The highest BCUT2D eigenvalue weighted by molar-refractivity contribution is 6.16. The molecule has 286 valence electrons. The Morgan fingerprint density at radius 3 is 1.77 bits per heavy atom. The number of hydrogen-bond donors (Lipinski definition) is 0. The molecule has 1 aliphatic rings. The zero-order chi connectivity index (χ0) is 40.0. The van der Waals surface area contributed by atoms with Crippen molar-refractivity contribution in [3.05, 3.63) is 181 Å². The van der Waals surface area contributed by atoms with Crippen LogP contribution in [0.1, 0.15) is 17.5 Å². The number of rotatable bonds is 5. The number of aromatic nitrogens is 3.